The molecule has 2 aromatic carbocycles. The molecule has 0 bridgehead atoms. The Labute approximate surface area is 165 Å². The van der Waals surface area contributed by atoms with Gasteiger partial charge in [0.2, 0.25) is 10.0 Å². The van der Waals surface area contributed by atoms with Gasteiger partial charge in [0.25, 0.3) is 0 Å². The Kier molecular flexibility index (Phi) is 7.99. The van der Waals surface area contributed by atoms with E-state index in [9.17, 15) is 13.2 Å². The fourth-order valence-electron chi connectivity index (χ4n) is 2.56. The summed E-state index contributed by atoms with van der Waals surface area (Å²) in [4.78, 5) is 12.0. The minimum atomic E-state index is -3.41. The molecule has 8 heteroatoms. The molecule has 0 aromatic heterocycles. The summed E-state index contributed by atoms with van der Waals surface area (Å²) in [7, 11) is -3.41. The average Bonchev–Trinajstić information content (AvgIpc) is 2.66. The summed E-state index contributed by atoms with van der Waals surface area (Å²) in [6, 6.07) is 17.3. The summed E-state index contributed by atoms with van der Waals surface area (Å²) in [6.45, 7) is 1.76. The minimum absolute atomic E-state index is 0.00167. The number of hydrogen-bond acceptors (Lipinski definition) is 4. The first kappa shape index (κ1) is 21.4. The number of carbonyl (C=O) groups is 1. The van der Waals surface area contributed by atoms with E-state index in [1.807, 2.05) is 24.3 Å². The molecule has 7 nitrogen and oxygen atoms in total. The molecule has 0 fully saturated rings. The van der Waals surface area contributed by atoms with E-state index >= 15 is 0 Å². The SMILES string of the molecule is CC(NS(=O)(=O)CCCCC#N)c1ccc(NC(=O)Nc2ccccc2)cc1. The van der Waals surface area contributed by atoms with Crippen molar-refractivity contribution in [3.63, 3.8) is 0 Å². The van der Waals surface area contributed by atoms with Crippen LogP contribution >= 0.6 is 0 Å². The molecule has 3 N–H and O–H groups in total. The first-order chi connectivity index (χ1) is 13.4. The molecular formula is C20H24N4O3S. The van der Waals surface area contributed by atoms with Crippen molar-refractivity contribution in [1.82, 2.24) is 4.72 Å². The van der Waals surface area contributed by atoms with Crippen molar-refractivity contribution < 1.29 is 13.2 Å². The molecule has 0 aliphatic carbocycles. The maximum atomic E-state index is 12.1. The number of nitrogens with one attached hydrogen (secondary N) is 3. The van der Waals surface area contributed by atoms with Crippen LogP contribution in [-0.4, -0.2) is 20.2 Å². The third-order valence-corrected chi connectivity index (χ3v) is 5.55. The summed E-state index contributed by atoms with van der Waals surface area (Å²) in [6.07, 6.45) is 1.38. The van der Waals surface area contributed by atoms with Crippen molar-refractivity contribution in [2.24, 2.45) is 0 Å². The number of hydrogen-bond donors (Lipinski definition) is 3. The van der Waals surface area contributed by atoms with Crippen LogP contribution in [0.4, 0.5) is 16.2 Å². The molecule has 148 valence electrons. The van der Waals surface area contributed by atoms with Gasteiger partial charge in [0, 0.05) is 23.8 Å². The molecule has 0 saturated heterocycles. The summed E-state index contributed by atoms with van der Waals surface area (Å²) < 4.78 is 26.8. The number of carbonyl (C=O) groups excluding carboxylic acids is 1. The van der Waals surface area contributed by atoms with Crippen molar-refractivity contribution in [3.05, 3.63) is 60.2 Å². The summed E-state index contributed by atoms with van der Waals surface area (Å²) in [5.41, 5.74) is 2.08. The number of urea groups is 1. The molecule has 2 rings (SSSR count). The highest BCUT2D eigenvalue weighted by Gasteiger charge is 2.15. The summed E-state index contributed by atoms with van der Waals surface area (Å²) in [5, 5.41) is 14.0. The van der Waals surface area contributed by atoms with Gasteiger partial charge in [-0.2, -0.15) is 5.26 Å². The molecular weight excluding hydrogens is 376 g/mol. The third-order valence-electron chi connectivity index (χ3n) is 4.01. The lowest BCUT2D eigenvalue weighted by atomic mass is 10.1. The largest absolute Gasteiger partial charge is 0.323 e. The normalized spacial score (nSPS) is 12.0. The van der Waals surface area contributed by atoms with E-state index in [0.717, 1.165) is 5.56 Å². The standard InChI is InChI=1S/C20H24N4O3S/c1-16(24-28(26,27)15-7-3-6-14-21)17-10-12-19(13-11-17)23-20(25)22-18-8-4-2-5-9-18/h2,4-5,8-13,16,24H,3,6-7,15H2,1H3,(H2,22,23,25). The zero-order chi connectivity index (χ0) is 20.4. The first-order valence-electron chi connectivity index (χ1n) is 8.99. The van der Waals surface area contributed by atoms with E-state index in [2.05, 4.69) is 15.4 Å². The number of nitrogens with zero attached hydrogens (tertiary/aromatic N) is 1. The number of benzene rings is 2. The second-order valence-electron chi connectivity index (χ2n) is 6.34. The monoisotopic (exact) mass is 400 g/mol. The van der Waals surface area contributed by atoms with Crippen LogP contribution in [0, 0.1) is 11.3 Å². The van der Waals surface area contributed by atoms with E-state index in [4.69, 9.17) is 5.26 Å². The van der Waals surface area contributed by atoms with E-state index in [1.54, 1.807) is 43.3 Å². The van der Waals surface area contributed by atoms with Gasteiger partial charge < -0.3 is 10.6 Å². The van der Waals surface area contributed by atoms with E-state index < -0.39 is 16.1 Å². The first-order valence-corrected chi connectivity index (χ1v) is 10.6. The third kappa shape index (κ3) is 7.39. The molecule has 2 amide bonds. The molecule has 0 saturated carbocycles. The van der Waals surface area contributed by atoms with E-state index in [-0.39, 0.29) is 11.8 Å². The number of anilines is 2. The quantitative estimate of drug-likeness (QED) is 0.552. The number of para-hydroxylation sites is 1. The van der Waals surface area contributed by atoms with Crippen molar-refractivity contribution >= 4 is 27.4 Å². The van der Waals surface area contributed by atoms with Crippen molar-refractivity contribution in [2.75, 3.05) is 16.4 Å². The Hall–Kier alpha value is -2.89. The van der Waals surface area contributed by atoms with Crippen LogP contribution in [0.1, 0.15) is 37.8 Å². The number of amides is 2. The zero-order valence-corrected chi connectivity index (χ0v) is 16.5. The topological polar surface area (TPSA) is 111 Å². The number of sulfonamides is 1. The highest BCUT2D eigenvalue weighted by atomic mass is 32.2. The molecule has 0 radical (unpaired) electrons. The van der Waals surface area contributed by atoms with Gasteiger partial charge in [0.1, 0.15) is 0 Å². The Bertz CT molecular complexity index is 907. The highest BCUT2D eigenvalue weighted by molar-refractivity contribution is 7.89. The molecule has 0 aliphatic rings. The summed E-state index contributed by atoms with van der Waals surface area (Å²) in [5.74, 6) is -0.00167. The molecule has 2 aromatic rings. The molecule has 1 unspecified atom stereocenters. The van der Waals surface area contributed by atoms with Gasteiger partial charge in [0.15, 0.2) is 0 Å². The molecule has 0 heterocycles. The Morgan fingerprint density at radius 1 is 1.00 bits per heavy atom. The second-order valence-corrected chi connectivity index (χ2v) is 8.21. The number of nitriles is 1. The van der Waals surface area contributed by atoms with Crippen molar-refractivity contribution in [1.29, 1.82) is 5.26 Å². The Morgan fingerprint density at radius 2 is 1.61 bits per heavy atom. The van der Waals surface area contributed by atoms with Crippen molar-refractivity contribution in [2.45, 2.75) is 32.2 Å². The van der Waals surface area contributed by atoms with Crippen LogP contribution < -0.4 is 15.4 Å². The van der Waals surface area contributed by atoms with E-state index in [1.165, 1.54) is 0 Å². The van der Waals surface area contributed by atoms with Crippen LogP contribution in [0.5, 0.6) is 0 Å². The lowest BCUT2D eigenvalue weighted by molar-refractivity contribution is 0.262. The van der Waals surface area contributed by atoms with Crippen LogP contribution in [0.15, 0.2) is 54.6 Å². The van der Waals surface area contributed by atoms with Gasteiger partial charge in [0.05, 0.1) is 11.8 Å². The lowest BCUT2D eigenvalue weighted by Gasteiger charge is -2.15. The smallest absolute Gasteiger partial charge is 0.308 e. The number of rotatable bonds is 9. The van der Waals surface area contributed by atoms with Gasteiger partial charge in [-0.1, -0.05) is 30.3 Å². The van der Waals surface area contributed by atoms with Gasteiger partial charge in [-0.05, 0) is 49.6 Å². The van der Waals surface area contributed by atoms with Crippen LogP contribution in [0.25, 0.3) is 0 Å². The van der Waals surface area contributed by atoms with Gasteiger partial charge >= 0.3 is 6.03 Å². The van der Waals surface area contributed by atoms with Gasteiger partial charge in [-0.15, -0.1) is 0 Å². The molecule has 1 atom stereocenters. The second kappa shape index (κ2) is 10.4. The van der Waals surface area contributed by atoms with Gasteiger partial charge in [-0.3, -0.25) is 0 Å². The fourth-order valence-corrected chi connectivity index (χ4v) is 3.94. The van der Waals surface area contributed by atoms with Crippen molar-refractivity contribution in [3.8, 4) is 6.07 Å². The average molecular weight is 401 g/mol. The van der Waals surface area contributed by atoms with Crippen LogP contribution in [-0.2, 0) is 10.0 Å². The Morgan fingerprint density at radius 3 is 2.21 bits per heavy atom. The maximum absolute atomic E-state index is 12.1. The predicted molar refractivity (Wildman–Crippen MR) is 110 cm³/mol. The minimum Gasteiger partial charge on any atom is -0.308 e. The van der Waals surface area contributed by atoms with Crippen LogP contribution in [0.3, 0.4) is 0 Å². The van der Waals surface area contributed by atoms with E-state index in [0.29, 0.717) is 30.6 Å². The Balaban J connectivity index is 1.87. The van der Waals surface area contributed by atoms with Gasteiger partial charge in [-0.25, -0.2) is 17.9 Å². The lowest BCUT2D eigenvalue weighted by Crippen LogP contribution is -2.29. The molecule has 0 aliphatic heterocycles. The maximum Gasteiger partial charge on any atom is 0.323 e. The van der Waals surface area contributed by atoms with Crippen LogP contribution in [0.2, 0.25) is 0 Å². The zero-order valence-electron chi connectivity index (χ0n) is 15.7. The molecule has 0 spiro atoms. The fraction of sp³-hybridized carbons (Fsp3) is 0.300. The predicted octanol–water partition coefficient (Wildman–Crippen LogP) is 4.00. The summed E-state index contributed by atoms with van der Waals surface area (Å²) >= 11 is 0. The highest BCUT2D eigenvalue weighted by Crippen LogP contribution is 2.17. The number of unbranched alkanes of at least 4 members (excludes halogenated alkanes) is 2. The molecule has 28 heavy (non-hydrogen) atoms.